The second-order valence-electron chi connectivity index (χ2n) is 6.27. The van der Waals surface area contributed by atoms with Crippen molar-refractivity contribution in [2.75, 3.05) is 12.0 Å². The predicted octanol–water partition coefficient (Wildman–Crippen LogP) is 4.43. The van der Waals surface area contributed by atoms with Crippen molar-refractivity contribution < 1.29 is 19.4 Å². The van der Waals surface area contributed by atoms with Crippen LogP contribution in [0.25, 0.3) is 5.76 Å². The molecule has 146 valence electrons. The number of hydrogen-bond donors (Lipinski definition) is 1. The lowest BCUT2D eigenvalue weighted by Gasteiger charge is -2.23. The van der Waals surface area contributed by atoms with Crippen LogP contribution in [0, 0.1) is 0 Å². The quantitative estimate of drug-likeness (QED) is 0.379. The molecule has 3 aromatic rings. The highest BCUT2D eigenvalue weighted by molar-refractivity contribution is 7.14. The van der Waals surface area contributed by atoms with E-state index < -0.39 is 17.7 Å². The predicted molar refractivity (Wildman–Crippen MR) is 111 cm³/mol. The van der Waals surface area contributed by atoms with Crippen LogP contribution in [0.3, 0.4) is 0 Å². The molecule has 1 atom stereocenters. The van der Waals surface area contributed by atoms with Gasteiger partial charge in [-0.05, 0) is 29.8 Å². The molecule has 0 radical (unpaired) electrons. The number of aliphatic hydroxyl groups excluding tert-OH is 1. The van der Waals surface area contributed by atoms with E-state index in [4.69, 9.17) is 16.3 Å². The van der Waals surface area contributed by atoms with Gasteiger partial charge < -0.3 is 9.84 Å². The molecule has 1 aliphatic rings. The van der Waals surface area contributed by atoms with Crippen LogP contribution >= 0.6 is 22.9 Å². The van der Waals surface area contributed by atoms with Crippen molar-refractivity contribution in [3.05, 3.63) is 81.8 Å². The molecule has 0 bridgehead atoms. The van der Waals surface area contributed by atoms with E-state index in [1.165, 1.54) is 23.3 Å². The van der Waals surface area contributed by atoms with Gasteiger partial charge >= 0.3 is 5.91 Å². The van der Waals surface area contributed by atoms with Crippen LogP contribution < -0.4 is 9.64 Å². The number of thiazole rings is 1. The van der Waals surface area contributed by atoms with Gasteiger partial charge in [-0.1, -0.05) is 35.9 Å². The lowest BCUT2D eigenvalue weighted by atomic mass is 9.95. The number of aliphatic hydroxyl groups is 1. The second kappa shape index (κ2) is 7.69. The molecule has 0 aliphatic carbocycles. The highest BCUT2D eigenvalue weighted by atomic mass is 35.5. The fourth-order valence-electron chi connectivity index (χ4n) is 3.28. The van der Waals surface area contributed by atoms with Crippen LogP contribution in [0.15, 0.2) is 65.7 Å². The fourth-order valence-corrected chi connectivity index (χ4v) is 4.15. The summed E-state index contributed by atoms with van der Waals surface area (Å²) in [7, 11) is 1.51. The van der Waals surface area contributed by atoms with E-state index in [1.807, 2.05) is 0 Å². The Balaban J connectivity index is 1.95. The molecular weight excluding hydrogens is 412 g/mol. The number of benzene rings is 2. The van der Waals surface area contributed by atoms with E-state index in [9.17, 15) is 14.7 Å². The molecule has 0 saturated carbocycles. The van der Waals surface area contributed by atoms with Gasteiger partial charge in [-0.2, -0.15) is 0 Å². The van der Waals surface area contributed by atoms with E-state index >= 15 is 0 Å². The zero-order chi connectivity index (χ0) is 20.5. The number of carbonyl (C=O) groups is 2. The number of ether oxygens (including phenoxy) is 1. The van der Waals surface area contributed by atoms with Gasteiger partial charge in [0.15, 0.2) is 5.13 Å². The summed E-state index contributed by atoms with van der Waals surface area (Å²) in [6, 6.07) is 12.6. The summed E-state index contributed by atoms with van der Waals surface area (Å²) in [5.74, 6) is -1.31. The van der Waals surface area contributed by atoms with Crippen LogP contribution in [0.5, 0.6) is 5.75 Å². The summed E-state index contributed by atoms with van der Waals surface area (Å²) < 4.78 is 5.20. The van der Waals surface area contributed by atoms with E-state index in [-0.39, 0.29) is 11.3 Å². The van der Waals surface area contributed by atoms with E-state index in [0.29, 0.717) is 27.0 Å². The summed E-state index contributed by atoms with van der Waals surface area (Å²) in [5, 5.41) is 13.5. The topological polar surface area (TPSA) is 79.7 Å². The number of Topliss-reactive ketones (excluding diaryl/α,β-unsaturated/α-hetero) is 1. The van der Waals surface area contributed by atoms with E-state index in [2.05, 4.69) is 4.98 Å². The van der Waals surface area contributed by atoms with E-state index in [1.54, 1.807) is 60.1 Å². The molecule has 1 aromatic heterocycles. The SMILES string of the molecule is COc1cccc(C(O)=C2C(=O)C(=O)N(c3nccs3)C2c2cccc(Cl)c2)c1. The zero-order valence-corrected chi connectivity index (χ0v) is 16.8. The largest absolute Gasteiger partial charge is 0.507 e. The third-order valence-electron chi connectivity index (χ3n) is 4.58. The normalized spacial score (nSPS) is 18.3. The van der Waals surface area contributed by atoms with Gasteiger partial charge in [0, 0.05) is 22.2 Å². The average Bonchev–Trinajstić information content (AvgIpc) is 3.34. The molecule has 8 heteroatoms. The van der Waals surface area contributed by atoms with Crippen molar-refractivity contribution in [1.82, 2.24) is 4.98 Å². The van der Waals surface area contributed by atoms with Crippen LogP contribution in [-0.4, -0.2) is 28.9 Å². The number of nitrogens with zero attached hydrogens (tertiary/aromatic N) is 2. The lowest BCUT2D eigenvalue weighted by Crippen LogP contribution is -2.29. The molecule has 1 fully saturated rings. The highest BCUT2D eigenvalue weighted by Crippen LogP contribution is 2.43. The minimum Gasteiger partial charge on any atom is -0.507 e. The summed E-state index contributed by atoms with van der Waals surface area (Å²) in [4.78, 5) is 31.3. The van der Waals surface area contributed by atoms with Gasteiger partial charge in [0.25, 0.3) is 5.78 Å². The number of hydrogen-bond acceptors (Lipinski definition) is 6. The third kappa shape index (κ3) is 3.39. The maximum absolute atomic E-state index is 13.0. The summed E-state index contributed by atoms with van der Waals surface area (Å²) in [6.07, 6.45) is 1.55. The number of halogens is 1. The number of amides is 1. The Bertz CT molecular complexity index is 1130. The van der Waals surface area contributed by atoms with Gasteiger partial charge in [-0.25, -0.2) is 4.98 Å². The fraction of sp³-hybridized carbons (Fsp3) is 0.0952. The first-order chi connectivity index (χ1) is 14.0. The first-order valence-corrected chi connectivity index (χ1v) is 9.87. The maximum atomic E-state index is 13.0. The highest BCUT2D eigenvalue weighted by Gasteiger charge is 2.48. The van der Waals surface area contributed by atoms with Crippen molar-refractivity contribution >= 4 is 45.5 Å². The van der Waals surface area contributed by atoms with Crippen LogP contribution in [0.4, 0.5) is 5.13 Å². The average molecular weight is 427 g/mol. The summed E-state index contributed by atoms with van der Waals surface area (Å²) >= 11 is 7.38. The molecule has 0 spiro atoms. The molecule has 6 nitrogen and oxygen atoms in total. The molecule has 29 heavy (non-hydrogen) atoms. The molecular formula is C21H15ClN2O4S. The Morgan fingerprint density at radius 3 is 2.69 bits per heavy atom. The molecule has 4 rings (SSSR count). The molecule has 1 unspecified atom stereocenters. The Hall–Kier alpha value is -3.16. The summed E-state index contributed by atoms with van der Waals surface area (Å²) in [5.41, 5.74) is 0.936. The first-order valence-electron chi connectivity index (χ1n) is 8.61. The molecule has 1 aliphatic heterocycles. The van der Waals surface area contributed by atoms with Crippen LogP contribution in [-0.2, 0) is 9.59 Å². The van der Waals surface area contributed by atoms with Gasteiger partial charge in [-0.3, -0.25) is 14.5 Å². The van der Waals surface area contributed by atoms with Crippen LogP contribution in [0.1, 0.15) is 17.2 Å². The lowest BCUT2D eigenvalue weighted by molar-refractivity contribution is -0.132. The Morgan fingerprint density at radius 2 is 2.00 bits per heavy atom. The number of ketones is 1. The van der Waals surface area contributed by atoms with Crippen LogP contribution in [0.2, 0.25) is 5.02 Å². The van der Waals surface area contributed by atoms with Crippen molar-refractivity contribution in [3.63, 3.8) is 0 Å². The standard InChI is InChI=1S/C21H15ClN2O4S/c1-28-15-7-3-5-13(11-15)18(25)16-17(12-4-2-6-14(22)10-12)24(20(27)19(16)26)21-23-8-9-29-21/h2-11,17,25H,1H3. The number of carbonyl (C=O) groups excluding carboxylic acids is 2. The van der Waals surface area contributed by atoms with Gasteiger partial charge in [-0.15, -0.1) is 11.3 Å². The van der Waals surface area contributed by atoms with Crippen molar-refractivity contribution in [3.8, 4) is 5.75 Å². The first kappa shape index (κ1) is 19.2. The van der Waals surface area contributed by atoms with Crippen molar-refractivity contribution in [1.29, 1.82) is 0 Å². The zero-order valence-electron chi connectivity index (χ0n) is 15.2. The molecule has 1 saturated heterocycles. The van der Waals surface area contributed by atoms with Gasteiger partial charge in [0.1, 0.15) is 11.5 Å². The Kier molecular flexibility index (Phi) is 5.08. The maximum Gasteiger partial charge on any atom is 0.301 e. The Labute approximate surface area is 175 Å². The van der Waals surface area contributed by atoms with Crippen molar-refractivity contribution in [2.45, 2.75) is 6.04 Å². The number of aromatic nitrogens is 1. The monoisotopic (exact) mass is 426 g/mol. The van der Waals surface area contributed by atoms with Gasteiger partial charge in [0.2, 0.25) is 0 Å². The number of methoxy groups -OCH3 is 1. The van der Waals surface area contributed by atoms with E-state index in [0.717, 1.165) is 0 Å². The number of rotatable bonds is 4. The molecule has 1 N–H and O–H groups in total. The molecule has 2 aromatic carbocycles. The van der Waals surface area contributed by atoms with Crippen molar-refractivity contribution in [2.24, 2.45) is 0 Å². The van der Waals surface area contributed by atoms with Gasteiger partial charge in [0.05, 0.1) is 18.7 Å². The third-order valence-corrected chi connectivity index (χ3v) is 5.58. The molecule has 2 heterocycles. The minimum atomic E-state index is -0.856. The molecule has 1 amide bonds. The Morgan fingerprint density at radius 1 is 1.21 bits per heavy atom. The second-order valence-corrected chi connectivity index (χ2v) is 7.58. The number of anilines is 1. The minimum absolute atomic E-state index is 0.0271. The summed E-state index contributed by atoms with van der Waals surface area (Å²) in [6.45, 7) is 0. The smallest absolute Gasteiger partial charge is 0.301 e.